The van der Waals surface area contributed by atoms with Gasteiger partial charge in [-0.25, -0.2) is 0 Å². The molecule has 2 aliphatic rings. The van der Waals surface area contributed by atoms with E-state index in [0.717, 1.165) is 31.6 Å². The van der Waals surface area contributed by atoms with Crippen LogP contribution in [0, 0.1) is 0 Å². The van der Waals surface area contributed by atoms with Crippen molar-refractivity contribution in [2.45, 2.75) is 19.3 Å². The molecule has 0 saturated carbocycles. The molecule has 0 aromatic heterocycles. The number of allylic oxidation sites excluding steroid dienone is 4. The maximum absolute atomic E-state index is 7.24. The Bertz CT molecular complexity index is 286. The van der Waals surface area contributed by atoms with Crippen molar-refractivity contribution in [2.24, 2.45) is 0 Å². The van der Waals surface area contributed by atoms with Crippen LogP contribution in [0.15, 0.2) is 35.1 Å². The molecule has 0 aromatic carbocycles. The fourth-order valence-corrected chi connectivity index (χ4v) is 1.87. The van der Waals surface area contributed by atoms with Gasteiger partial charge in [-0.15, -0.1) is 6.54 Å². The van der Waals surface area contributed by atoms with Gasteiger partial charge in [0.05, 0.1) is 6.61 Å². The van der Waals surface area contributed by atoms with E-state index >= 15 is 0 Å². The van der Waals surface area contributed by atoms with Gasteiger partial charge in [0.2, 0.25) is 0 Å². The average molecular weight is 176 g/mol. The molecule has 0 aromatic rings. The van der Waals surface area contributed by atoms with Gasteiger partial charge in [-0.3, -0.25) is 0 Å². The Morgan fingerprint density at radius 1 is 1.46 bits per heavy atom. The lowest BCUT2D eigenvalue weighted by atomic mass is 10.0. The summed E-state index contributed by atoms with van der Waals surface area (Å²) in [5.74, 6) is 1.04. The predicted octanol–water partition coefficient (Wildman–Crippen LogP) is 2.99. The maximum Gasteiger partial charge on any atom is 0.122 e. The third-order valence-electron chi connectivity index (χ3n) is 2.51. The summed E-state index contributed by atoms with van der Waals surface area (Å²) in [6.07, 6.45) is 9.16. The molecule has 1 fully saturated rings. The molecule has 0 bridgehead atoms. The molecule has 1 aliphatic carbocycles. The molecule has 13 heavy (non-hydrogen) atoms. The van der Waals surface area contributed by atoms with E-state index in [0.29, 0.717) is 6.54 Å². The van der Waals surface area contributed by atoms with Crippen LogP contribution in [0.25, 0.3) is 5.73 Å². The Hall–Kier alpha value is -1.02. The highest BCUT2D eigenvalue weighted by Crippen LogP contribution is 2.31. The minimum atomic E-state index is 0.486. The number of nitrogens with one attached hydrogen (secondary N) is 1. The number of rotatable bonds is 2. The number of ether oxygens (including phenoxy) is 1. The van der Waals surface area contributed by atoms with E-state index in [4.69, 9.17) is 10.5 Å². The molecule has 0 amide bonds. The summed E-state index contributed by atoms with van der Waals surface area (Å²) in [6, 6.07) is 0. The van der Waals surface area contributed by atoms with Gasteiger partial charge in [0.1, 0.15) is 5.76 Å². The molecule has 70 valence electrons. The molecule has 2 heteroatoms. The summed E-state index contributed by atoms with van der Waals surface area (Å²) in [5, 5.41) is 0. The lowest BCUT2D eigenvalue weighted by Gasteiger charge is -2.09. The fourth-order valence-electron chi connectivity index (χ4n) is 1.87. The average Bonchev–Trinajstić information content (AvgIpc) is 2.52. The summed E-state index contributed by atoms with van der Waals surface area (Å²) in [4.78, 5) is 0. The van der Waals surface area contributed by atoms with Gasteiger partial charge in [0.15, 0.2) is 0 Å². The normalized spacial score (nSPS) is 20.8. The second kappa shape index (κ2) is 3.79. The Labute approximate surface area is 78.8 Å². The molecule has 0 radical (unpaired) electrons. The van der Waals surface area contributed by atoms with Crippen molar-refractivity contribution in [1.82, 2.24) is 0 Å². The van der Waals surface area contributed by atoms with Gasteiger partial charge in [-0.2, -0.15) is 0 Å². The molecule has 2 rings (SSSR count). The van der Waals surface area contributed by atoms with Crippen LogP contribution in [0.2, 0.25) is 0 Å². The minimum absolute atomic E-state index is 0.486. The molecule has 2 nitrogen and oxygen atoms in total. The second-order valence-electron chi connectivity index (χ2n) is 3.34. The first-order valence-corrected chi connectivity index (χ1v) is 4.77. The van der Waals surface area contributed by atoms with Gasteiger partial charge in [-0.05, 0) is 18.1 Å². The topological polar surface area (TPSA) is 33.0 Å². The van der Waals surface area contributed by atoms with Crippen LogP contribution in [0.5, 0.6) is 0 Å². The van der Waals surface area contributed by atoms with Crippen molar-refractivity contribution in [3.63, 3.8) is 0 Å². The van der Waals surface area contributed by atoms with Crippen molar-refractivity contribution in [3.05, 3.63) is 40.9 Å². The van der Waals surface area contributed by atoms with Gasteiger partial charge in [-0.1, -0.05) is 24.1 Å². The highest BCUT2D eigenvalue weighted by molar-refractivity contribution is 5.39. The summed E-state index contributed by atoms with van der Waals surface area (Å²) >= 11 is 0. The fraction of sp³-hybridized carbons (Fsp3) is 0.455. The predicted molar refractivity (Wildman–Crippen MR) is 53.2 cm³/mol. The monoisotopic (exact) mass is 176 g/mol. The first-order chi connectivity index (χ1) is 6.42. The molecule has 0 unspecified atom stereocenters. The summed E-state index contributed by atoms with van der Waals surface area (Å²) < 4.78 is 5.50. The van der Waals surface area contributed by atoms with E-state index < -0.39 is 0 Å². The van der Waals surface area contributed by atoms with E-state index in [1.165, 1.54) is 11.1 Å². The first-order valence-electron chi connectivity index (χ1n) is 4.77. The van der Waals surface area contributed by atoms with Crippen LogP contribution in [-0.4, -0.2) is 13.2 Å². The molecular weight excluding hydrogens is 162 g/mol. The van der Waals surface area contributed by atoms with Crippen molar-refractivity contribution < 1.29 is 4.74 Å². The molecule has 1 heterocycles. The van der Waals surface area contributed by atoms with Gasteiger partial charge < -0.3 is 10.5 Å². The van der Waals surface area contributed by atoms with Gasteiger partial charge >= 0.3 is 0 Å². The van der Waals surface area contributed by atoms with Crippen molar-refractivity contribution >= 4 is 0 Å². The lowest BCUT2D eigenvalue weighted by molar-refractivity contribution is 0.265. The summed E-state index contributed by atoms with van der Waals surface area (Å²) in [5.41, 5.74) is 10.00. The van der Waals surface area contributed by atoms with E-state index in [9.17, 15) is 0 Å². The standard InChI is InChI=1S/C11H14NO/c12-7-5-9-3-1-2-4-11-10(9)6-8-13-11/h1-2,4,12H,3,5-8H2/q-1. The zero-order valence-corrected chi connectivity index (χ0v) is 7.68. The zero-order valence-electron chi connectivity index (χ0n) is 7.68. The molecular formula is C11H14NO-. The zero-order chi connectivity index (χ0) is 9.10. The summed E-state index contributed by atoms with van der Waals surface area (Å²) in [6.45, 7) is 1.30. The van der Waals surface area contributed by atoms with E-state index in [2.05, 4.69) is 12.2 Å². The Morgan fingerprint density at radius 2 is 2.38 bits per heavy atom. The quantitative estimate of drug-likeness (QED) is 0.636. The van der Waals surface area contributed by atoms with Crippen LogP contribution in [0.4, 0.5) is 0 Å². The van der Waals surface area contributed by atoms with E-state index in [1.54, 1.807) is 0 Å². The number of fused-ring (bicyclic) bond motifs is 1. The highest BCUT2D eigenvalue weighted by atomic mass is 16.5. The van der Waals surface area contributed by atoms with Gasteiger partial charge in [0.25, 0.3) is 0 Å². The molecule has 1 aliphatic heterocycles. The first kappa shape index (κ1) is 8.57. The second-order valence-corrected chi connectivity index (χ2v) is 3.34. The van der Waals surface area contributed by atoms with Crippen LogP contribution in [-0.2, 0) is 4.74 Å². The van der Waals surface area contributed by atoms with Crippen molar-refractivity contribution in [1.29, 1.82) is 0 Å². The third-order valence-corrected chi connectivity index (χ3v) is 2.51. The van der Waals surface area contributed by atoms with Gasteiger partial charge in [0, 0.05) is 6.42 Å². The van der Waals surface area contributed by atoms with E-state index in [-0.39, 0.29) is 0 Å². The Balaban J connectivity index is 2.30. The maximum atomic E-state index is 7.24. The SMILES string of the molecule is [NH-]CCC1=C2CCOC2=CC=CC1. The van der Waals surface area contributed by atoms with Crippen LogP contribution in [0.3, 0.4) is 0 Å². The largest absolute Gasteiger partial charge is 0.677 e. The van der Waals surface area contributed by atoms with Crippen molar-refractivity contribution in [2.75, 3.05) is 13.2 Å². The number of hydrogen-bond acceptors (Lipinski definition) is 1. The smallest absolute Gasteiger partial charge is 0.122 e. The van der Waals surface area contributed by atoms with Crippen LogP contribution in [0.1, 0.15) is 19.3 Å². The van der Waals surface area contributed by atoms with Crippen molar-refractivity contribution in [3.8, 4) is 0 Å². The summed E-state index contributed by atoms with van der Waals surface area (Å²) in [7, 11) is 0. The minimum Gasteiger partial charge on any atom is -0.677 e. The molecule has 1 saturated heterocycles. The van der Waals surface area contributed by atoms with Crippen LogP contribution >= 0.6 is 0 Å². The molecule has 0 spiro atoms. The Morgan fingerprint density at radius 3 is 3.23 bits per heavy atom. The molecule has 1 N–H and O–H groups in total. The van der Waals surface area contributed by atoms with E-state index in [1.807, 2.05) is 6.08 Å². The highest BCUT2D eigenvalue weighted by Gasteiger charge is 2.18. The van der Waals surface area contributed by atoms with Crippen LogP contribution < -0.4 is 0 Å². The molecule has 0 atom stereocenters. The Kier molecular flexibility index (Phi) is 2.50. The third kappa shape index (κ3) is 1.68. The number of hydrogen-bond donors (Lipinski definition) is 0. The lowest BCUT2D eigenvalue weighted by Crippen LogP contribution is -1.91.